The second kappa shape index (κ2) is 7.50. The Hall–Kier alpha value is -2.34. The Morgan fingerprint density at radius 2 is 1.62 bits per heavy atom. The monoisotopic (exact) mass is 357 g/mol. The Morgan fingerprint density at radius 1 is 1.00 bits per heavy atom. The topological polar surface area (TPSA) is 53.1 Å². The number of nitrogens with zero attached hydrogens (tertiary/aromatic N) is 3. The Bertz CT molecular complexity index is 716. The summed E-state index contributed by atoms with van der Waals surface area (Å²) < 4.78 is 5.68. The summed E-state index contributed by atoms with van der Waals surface area (Å²) in [6, 6.07) is 7.45. The normalized spacial score (nSPS) is 19.1. The van der Waals surface area contributed by atoms with Gasteiger partial charge in [-0.2, -0.15) is 0 Å². The minimum atomic E-state index is -0.205. The molecule has 0 aliphatic carbocycles. The molecule has 26 heavy (non-hydrogen) atoms. The first-order valence-corrected chi connectivity index (χ1v) is 9.23. The zero-order valence-corrected chi connectivity index (χ0v) is 16.0. The lowest BCUT2D eigenvalue weighted by atomic mass is 10.0. The van der Waals surface area contributed by atoms with Crippen LogP contribution in [0, 0.1) is 0 Å². The molecule has 2 aliphatic heterocycles. The number of imide groups is 1. The number of hydrogen-bond donors (Lipinski definition) is 0. The fraction of sp³-hybridized carbons (Fsp3) is 0.500. The van der Waals surface area contributed by atoms with Crippen molar-refractivity contribution in [3.8, 4) is 5.75 Å². The molecule has 1 fully saturated rings. The number of carbonyl (C=O) groups is 2. The maximum atomic E-state index is 12.9. The minimum absolute atomic E-state index is 0.0891. The van der Waals surface area contributed by atoms with Crippen LogP contribution < -0.4 is 4.74 Å². The molecule has 1 aromatic carbocycles. The molecule has 1 saturated heterocycles. The molecule has 0 spiro atoms. The molecule has 0 aromatic heterocycles. The van der Waals surface area contributed by atoms with E-state index >= 15 is 0 Å². The van der Waals surface area contributed by atoms with Crippen molar-refractivity contribution in [1.82, 2.24) is 14.7 Å². The molecule has 1 aromatic rings. The van der Waals surface area contributed by atoms with Crippen LogP contribution in [0.5, 0.6) is 5.75 Å². The first kappa shape index (κ1) is 18.5. The van der Waals surface area contributed by atoms with Crippen molar-refractivity contribution in [3.63, 3.8) is 0 Å². The summed E-state index contributed by atoms with van der Waals surface area (Å²) in [5.74, 6) is 0.373. The van der Waals surface area contributed by atoms with Crippen LogP contribution in [-0.2, 0) is 9.59 Å². The molecule has 0 N–H and O–H groups in total. The molecule has 0 bridgehead atoms. The molecular formula is C20H27N3O3. The van der Waals surface area contributed by atoms with Gasteiger partial charge in [-0.25, -0.2) is 0 Å². The van der Waals surface area contributed by atoms with Crippen LogP contribution in [0.4, 0.5) is 0 Å². The largest absolute Gasteiger partial charge is 0.491 e. The van der Waals surface area contributed by atoms with Crippen LogP contribution in [0.2, 0.25) is 0 Å². The Balaban J connectivity index is 1.98. The zero-order valence-electron chi connectivity index (χ0n) is 16.0. The van der Waals surface area contributed by atoms with Crippen molar-refractivity contribution < 1.29 is 14.3 Å². The van der Waals surface area contributed by atoms with Gasteiger partial charge in [0.05, 0.1) is 11.7 Å². The number of amides is 2. The van der Waals surface area contributed by atoms with Crippen LogP contribution in [0.3, 0.4) is 0 Å². The third-order valence-electron chi connectivity index (χ3n) is 4.79. The van der Waals surface area contributed by atoms with Gasteiger partial charge in [0, 0.05) is 32.7 Å². The highest BCUT2D eigenvalue weighted by Crippen LogP contribution is 2.32. The second-order valence-electron chi connectivity index (χ2n) is 7.06. The van der Waals surface area contributed by atoms with Gasteiger partial charge in [-0.05, 0) is 45.5 Å². The maximum Gasteiger partial charge on any atom is 0.277 e. The number of hydrogen-bond acceptors (Lipinski definition) is 5. The van der Waals surface area contributed by atoms with Gasteiger partial charge in [0.25, 0.3) is 11.8 Å². The van der Waals surface area contributed by atoms with Crippen molar-refractivity contribution >= 4 is 17.4 Å². The van der Waals surface area contributed by atoms with E-state index in [1.807, 2.05) is 45.0 Å². The van der Waals surface area contributed by atoms with E-state index in [0.29, 0.717) is 17.8 Å². The summed E-state index contributed by atoms with van der Waals surface area (Å²) in [6.07, 6.45) is 0.0891. The third kappa shape index (κ3) is 3.46. The van der Waals surface area contributed by atoms with Crippen LogP contribution in [-0.4, -0.2) is 72.4 Å². The number of rotatable bonds is 5. The molecule has 0 saturated carbocycles. The van der Waals surface area contributed by atoms with Crippen molar-refractivity contribution in [2.45, 2.75) is 26.9 Å². The molecule has 6 nitrogen and oxygen atoms in total. The highest BCUT2D eigenvalue weighted by Gasteiger charge is 2.41. The summed E-state index contributed by atoms with van der Waals surface area (Å²) >= 11 is 0. The summed E-state index contributed by atoms with van der Waals surface area (Å²) in [5, 5.41) is 0. The number of ether oxygens (including phenoxy) is 1. The fourth-order valence-corrected chi connectivity index (χ4v) is 3.41. The van der Waals surface area contributed by atoms with E-state index in [1.165, 1.54) is 4.90 Å². The maximum absolute atomic E-state index is 12.9. The van der Waals surface area contributed by atoms with E-state index in [9.17, 15) is 9.59 Å². The average molecular weight is 357 g/mol. The lowest BCUT2D eigenvalue weighted by Gasteiger charge is -2.34. The predicted molar refractivity (Wildman–Crippen MR) is 101 cm³/mol. The van der Waals surface area contributed by atoms with E-state index in [1.54, 1.807) is 0 Å². The van der Waals surface area contributed by atoms with E-state index in [-0.39, 0.29) is 17.9 Å². The highest BCUT2D eigenvalue weighted by atomic mass is 16.5. The molecule has 0 unspecified atom stereocenters. The van der Waals surface area contributed by atoms with Gasteiger partial charge in [0.1, 0.15) is 11.4 Å². The van der Waals surface area contributed by atoms with Crippen molar-refractivity contribution in [2.75, 3.05) is 39.8 Å². The van der Waals surface area contributed by atoms with Crippen molar-refractivity contribution in [1.29, 1.82) is 0 Å². The molecule has 0 radical (unpaired) electrons. The first-order chi connectivity index (χ1) is 12.4. The molecular weight excluding hydrogens is 330 g/mol. The molecule has 2 aliphatic rings. The third-order valence-corrected chi connectivity index (χ3v) is 4.79. The van der Waals surface area contributed by atoms with E-state index in [0.717, 1.165) is 37.5 Å². The van der Waals surface area contributed by atoms with Crippen LogP contribution >= 0.6 is 0 Å². The lowest BCUT2D eigenvalue weighted by molar-refractivity contribution is -0.137. The Morgan fingerprint density at radius 3 is 2.15 bits per heavy atom. The SMILES string of the molecule is CCN1C(=O)C(c2ccc(OC(C)C)cc2)=C(N2CCN(C)CC2)C1=O. The number of carbonyl (C=O) groups excluding carboxylic acids is 2. The molecule has 0 atom stereocenters. The van der Waals surface area contributed by atoms with Gasteiger partial charge in [-0.3, -0.25) is 14.5 Å². The quantitative estimate of drug-likeness (QED) is 0.753. The Kier molecular flexibility index (Phi) is 5.32. The molecule has 140 valence electrons. The lowest BCUT2D eigenvalue weighted by Crippen LogP contribution is -2.46. The van der Waals surface area contributed by atoms with Gasteiger partial charge < -0.3 is 14.5 Å². The van der Waals surface area contributed by atoms with Crippen LogP contribution in [0.1, 0.15) is 26.3 Å². The predicted octanol–water partition coefficient (Wildman–Crippen LogP) is 1.82. The van der Waals surface area contributed by atoms with E-state index < -0.39 is 0 Å². The number of benzene rings is 1. The summed E-state index contributed by atoms with van der Waals surface area (Å²) in [6.45, 7) is 9.42. The Labute approximate surface area is 155 Å². The zero-order chi connectivity index (χ0) is 18.8. The van der Waals surface area contributed by atoms with Crippen LogP contribution in [0.15, 0.2) is 30.0 Å². The van der Waals surface area contributed by atoms with Gasteiger partial charge in [-0.1, -0.05) is 12.1 Å². The van der Waals surface area contributed by atoms with E-state index in [2.05, 4.69) is 16.8 Å². The summed E-state index contributed by atoms with van der Waals surface area (Å²) in [5.41, 5.74) is 1.82. The van der Waals surface area contributed by atoms with Crippen molar-refractivity contribution in [3.05, 3.63) is 35.5 Å². The van der Waals surface area contributed by atoms with Gasteiger partial charge >= 0.3 is 0 Å². The molecule has 3 rings (SSSR count). The standard InChI is InChI=1S/C20H27N3O3/c1-5-23-19(24)17(15-6-8-16(9-7-15)26-14(2)3)18(20(23)25)22-12-10-21(4)11-13-22/h6-9,14H,5,10-13H2,1-4H3. The first-order valence-electron chi connectivity index (χ1n) is 9.23. The minimum Gasteiger partial charge on any atom is -0.491 e. The molecule has 2 heterocycles. The summed E-state index contributed by atoms with van der Waals surface area (Å²) in [7, 11) is 2.07. The molecule has 6 heteroatoms. The summed E-state index contributed by atoms with van der Waals surface area (Å²) in [4.78, 5) is 31.4. The fourth-order valence-electron chi connectivity index (χ4n) is 3.41. The van der Waals surface area contributed by atoms with Crippen molar-refractivity contribution in [2.24, 2.45) is 0 Å². The smallest absolute Gasteiger partial charge is 0.277 e. The van der Waals surface area contributed by atoms with Gasteiger partial charge in [0.2, 0.25) is 0 Å². The second-order valence-corrected chi connectivity index (χ2v) is 7.06. The van der Waals surface area contributed by atoms with Crippen LogP contribution in [0.25, 0.3) is 5.57 Å². The highest BCUT2D eigenvalue weighted by molar-refractivity contribution is 6.35. The average Bonchev–Trinajstić information content (AvgIpc) is 2.86. The molecule has 2 amide bonds. The van der Waals surface area contributed by atoms with Gasteiger partial charge in [-0.15, -0.1) is 0 Å². The number of likely N-dealkylation sites (N-methyl/N-ethyl adjacent to an activating group) is 2. The number of piperazine rings is 1. The van der Waals surface area contributed by atoms with Gasteiger partial charge in [0.15, 0.2) is 0 Å². The van der Waals surface area contributed by atoms with E-state index in [4.69, 9.17) is 4.74 Å².